The topological polar surface area (TPSA) is 42.3 Å². The van der Waals surface area contributed by atoms with E-state index in [0.717, 1.165) is 38.0 Å². The van der Waals surface area contributed by atoms with E-state index in [-0.39, 0.29) is 5.56 Å². The van der Waals surface area contributed by atoms with Gasteiger partial charge in [0, 0.05) is 55.0 Å². The van der Waals surface area contributed by atoms with Crippen LogP contribution in [-0.4, -0.2) is 28.3 Å². The Morgan fingerprint density at radius 2 is 1.96 bits per heavy atom. The standard InChI is InChI=1S/C21H26N2O2/c1-12(19-17(24)8-15-20(19)21(15,2)3)22-9-13-7-14(11-22)16-5-4-6-18(25)23(16)10-13/h4-6,13-15,20H,7-11H2,1-3H3/t13?,14?,15-,20-/m1/s1. The molecular weight excluding hydrogens is 312 g/mol. The van der Waals surface area contributed by atoms with Crippen LogP contribution in [0.1, 0.15) is 45.2 Å². The van der Waals surface area contributed by atoms with Gasteiger partial charge in [0.1, 0.15) is 0 Å². The lowest BCUT2D eigenvalue weighted by atomic mass is 9.82. The molecule has 0 aromatic carbocycles. The van der Waals surface area contributed by atoms with Crippen molar-refractivity contribution in [2.75, 3.05) is 13.1 Å². The zero-order chi connectivity index (χ0) is 17.5. The molecule has 1 aromatic rings. The number of carbonyl (C=O) groups excluding carboxylic acids is 1. The highest BCUT2D eigenvalue weighted by atomic mass is 16.1. The lowest BCUT2D eigenvalue weighted by molar-refractivity contribution is -0.115. The quantitative estimate of drug-likeness (QED) is 0.740. The molecule has 3 fully saturated rings. The van der Waals surface area contributed by atoms with E-state index in [2.05, 4.69) is 31.7 Å². The van der Waals surface area contributed by atoms with E-state index in [9.17, 15) is 9.59 Å². The molecule has 2 bridgehead atoms. The van der Waals surface area contributed by atoms with Gasteiger partial charge in [0.2, 0.25) is 0 Å². The molecule has 2 unspecified atom stereocenters. The number of Topliss-reactive ketones (excluding diaryl/α,β-unsaturated/α-hetero) is 1. The Balaban J connectivity index is 1.49. The van der Waals surface area contributed by atoms with E-state index in [1.54, 1.807) is 6.07 Å². The van der Waals surface area contributed by atoms with Crippen molar-refractivity contribution in [2.45, 2.75) is 46.1 Å². The molecule has 0 amide bonds. The van der Waals surface area contributed by atoms with Gasteiger partial charge in [-0.15, -0.1) is 0 Å². The van der Waals surface area contributed by atoms with E-state index in [1.807, 2.05) is 10.6 Å². The summed E-state index contributed by atoms with van der Waals surface area (Å²) >= 11 is 0. The number of rotatable bonds is 1. The average molecular weight is 338 g/mol. The van der Waals surface area contributed by atoms with Gasteiger partial charge < -0.3 is 9.47 Å². The minimum absolute atomic E-state index is 0.129. The maximum absolute atomic E-state index is 12.5. The molecule has 4 aliphatic rings. The van der Waals surface area contributed by atoms with Gasteiger partial charge in [0.15, 0.2) is 5.78 Å². The minimum atomic E-state index is 0.129. The van der Waals surface area contributed by atoms with E-state index in [4.69, 9.17) is 0 Å². The fraction of sp³-hybridized carbons (Fsp3) is 0.619. The van der Waals surface area contributed by atoms with Gasteiger partial charge in [-0.25, -0.2) is 0 Å². The van der Waals surface area contributed by atoms with Crippen molar-refractivity contribution in [3.05, 3.63) is 45.5 Å². The predicted molar refractivity (Wildman–Crippen MR) is 96.2 cm³/mol. The number of hydrogen-bond acceptors (Lipinski definition) is 3. The molecule has 2 aliphatic carbocycles. The number of carbonyl (C=O) groups is 1. The monoisotopic (exact) mass is 338 g/mol. The number of nitrogens with zero attached hydrogens (tertiary/aromatic N) is 2. The number of fused-ring (bicyclic) bond motifs is 5. The van der Waals surface area contributed by atoms with Crippen LogP contribution < -0.4 is 5.56 Å². The van der Waals surface area contributed by atoms with Gasteiger partial charge in [-0.2, -0.15) is 0 Å². The molecule has 0 N–H and O–H groups in total. The highest BCUT2D eigenvalue weighted by Gasteiger charge is 2.65. The smallest absolute Gasteiger partial charge is 0.250 e. The first kappa shape index (κ1) is 15.4. The summed E-state index contributed by atoms with van der Waals surface area (Å²) in [5.74, 6) is 2.31. The van der Waals surface area contributed by atoms with Gasteiger partial charge >= 0.3 is 0 Å². The number of likely N-dealkylation sites (tertiary alicyclic amines) is 1. The number of pyridine rings is 1. The molecule has 25 heavy (non-hydrogen) atoms. The fourth-order valence-electron chi connectivity index (χ4n) is 5.95. The van der Waals surface area contributed by atoms with Crippen molar-refractivity contribution >= 4 is 5.78 Å². The third-order valence-electron chi connectivity index (χ3n) is 7.41. The van der Waals surface area contributed by atoms with Gasteiger partial charge in [-0.3, -0.25) is 9.59 Å². The number of aromatic nitrogens is 1. The van der Waals surface area contributed by atoms with Crippen molar-refractivity contribution in [2.24, 2.45) is 23.2 Å². The van der Waals surface area contributed by atoms with E-state index in [0.29, 0.717) is 34.9 Å². The van der Waals surface area contributed by atoms with Crippen LogP contribution in [0.2, 0.25) is 0 Å². The summed E-state index contributed by atoms with van der Waals surface area (Å²) in [4.78, 5) is 27.2. The van der Waals surface area contributed by atoms with Crippen molar-refractivity contribution < 1.29 is 4.79 Å². The zero-order valence-corrected chi connectivity index (χ0v) is 15.3. The van der Waals surface area contributed by atoms with Gasteiger partial charge in [0.05, 0.1) is 0 Å². The maximum atomic E-state index is 12.5. The van der Waals surface area contributed by atoms with E-state index in [1.165, 1.54) is 11.4 Å². The second-order valence-electron chi connectivity index (χ2n) is 9.14. The second-order valence-corrected chi connectivity index (χ2v) is 9.14. The zero-order valence-electron chi connectivity index (χ0n) is 15.3. The van der Waals surface area contributed by atoms with E-state index < -0.39 is 0 Å². The first-order valence-corrected chi connectivity index (χ1v) is 9.56. The maximum Gasteiger partial charge on any atom is 0.250 e. The van der Waals surface area contributed by atoms with Crippen LogP contribution in [0.5, 0.6) is 0 Å². The SMILES string of the molecule is CC(=C1C(=O)C[C@@H]2[C@H]1C2(C)C)N1CC2CC(C1)c1cccc(=O)n1C2. The van der Waals surface area contributed by atoms with Crippen molar-refractivity contribution in [1.82, 2.24) is 9.47 Å². The van der Waals surface area contributed by atoms with Crippen LogP contribution in [-0.2, 0) is 11.3 Å². The molecule has 4 heteroatoms. The third-order valence-corrected chi connectivity index (χ3v) is 7.41. The normalized spacial score (nSPS) is 36.8. The van der Waals surface area contributed by atoms with Crippen molar-refractivity contribution in [1.29, 1.82) is 0 Å². The van der Waals surface area contributed by atoms with Gasteiger partial charge in [-0.05, 0) is 42.6 Å². The summed E-state index contributed by atoms with van der Waals surface area (Å²) in [5, 5.41) is 0. The summed E-state index contributed by atoms with van der Waals surface area (Å²) in [6, 6.07) is 5.66. The molecule has 5 rings (SSSR count). The Bertz CT molecular complexity index is 863. The molecule has 1 aromatic heterocycles. The summed E-state index contributed by atoms with van der Waals surface area (Å²) in [6.07, 6.45) is 1.90. The lowest BCUT2D eigenvalue weighted by Gasteiger charge is -2.44. The lowest BCUT2D eigenvalue weighted by Crippen LogP contribution is -2.46. The first-order chi connectivity index (χ1) is 11.9. The number of allylic oxidation sites excluding steroid dienone is 2. The van der Waals surface area contributed by atoms with Gasteiger partial charge in [0.25, 0.3) is 5.56 Å². The molecule has 0 radical (unpaired) electrons. The van der Waals surface area contributed by atoms with Crippen LogP contribution in [0.15, 0.2) is 34.3 Å². The largest absolute Gasteiger partial charge is 0.374 e. The first-order valence-electron chi connectivity index (χ1n) is 9.56. The molecule has 4 atom stereocenters. The third kappa shape index (κ3) is 2.06. The highest BCUT2D eigenvalue weighted by molar-refractivity contribution is 6.01. The molecule has 2 aliphatic heterocycles. The minimum Gasteiger partial charge on any atom is -0.374 e. The molecule has 132 valence electrons. The summed E-state index contributed by atoms with van der Waals surface area (Å²) in [5.41, 5.74) is 3.93. The van der Waals surface area contributed by atoms with Crippen molar-refractivity contribution in [3.8, 4) is 0 Å². The van der Waals surface area contributed by atoms with Crippen LogP contribution in [0.4, 0.5) is 0 Å². The van der Waals surface area contributed by atoms with Crippen LogP contribution in [0, 0.1) is 23.2 Å². The highest BCUT2D eigenvalue weighted by Crippen LogP contribution is 2.68. The Morgan fingerprint density at radius 1 is 1.16 bits per heavy atom. The summed E-state index contributed by atoms with van der Waals surface area (Å²) in [6.45, 7) is 9.47. The number of hydrogen-bond donors (Lipinski definition) is 0. The van der Waals surface area contributed by atoms with E-state index >= 15 is 0 Å². The Kier molecular flexibility index (Phi) is 3.00. The molecule has 2 saturated carbocycles. The van der Waals surface area contributed by atoms with Crippen LogP contribution >= 0.6 is 0 Å². The van der Waals surface area contributed by atoms with Crippen molar-refractivity contribution in [3.63, 3.8) is 0 Å². The predicted octanol–water partition coefficient (Wildman–Crippen LogP) is 2.79. The Labute approximate surface area is 148 Å². The van der Waals surface area contributed by atoms with Gasteiger partial charge in [-0.1, -0.05) is 19.9 Å². The second kappa shape index (κ2) is 4.87. The summed E-state index contributed by atoms with van der Waals surface area (Å²) in [7, 11) is 0. The average Bonchev–Trinajstić information content (AvgIpc) is 2.90. The van der Waals surface area contributed by atoms with Crippen LogP contribution in [0.25, 0.3) is 0 Å². The summed E-state index contributed by atoms with van der Waals surface area (Å²) < 4.78 is 1.97. The molecule has 0 spiro atoms. The molecule has 3 heterocycles. The Morgan fingerprint density at radius 3 is 2.72 bits per heavy atom. The number of ketones is 1. The molecule has 1 saturated heterocycles. The molecule has 4 nitrogen and oxygen atoms in total. The fourth-order valence-corrected chi connectivity index (χ4v) is 5.95. The Hall–Kier alpha value is -1.84. The van der Waals surface area contributed by atoms with Crippen LogP contribution in [0.3, 0.4) is 0 Å². The molecular formula is C21H26N2O2. The number of piperidine rings is 1.